The minimum Gasteiger partial charge on any atom is -0.456 e. The van der Waals surface area contributed by atoms with Crippen LogP contribution in [0.2, 0.25) is 0 Å². The number of hydrogen-bond acceptors (Lipinski definition) is 2. The lowest BCUT2D eigenvalue weighted by molar-refractivity contribution is 0.669. The van der Waals surface area contributed by atoms with Gasteiger partial charge in [-0.25, -0.2) is 0 Å². The Kier molecular flexibility index (Phi) is 6.32. The average molecular weight is 761 g/mol. The minimum atomic E-state index is 0.909. The molecule has 0 saturated heterocycles. The summed E-state index contributed by atoms with van der Waals surface area (Å²) >= 11 is 0. The van der Waals surface area contributed by atoms with Gasteiger partial charge in [-0.15, -0.1) is 0 Å². The predicted octanol–water partition coefficient (Wildman–Crippen LogP) is 16.9. The molecule has 0 saturated carbocycles. The molecule has 0 unspecified atom stereocenters. The lowest BCUT2D eigenvalue weighted by Crippen LogP contribution is -1.90. The summed E-state index contributed by atoms with van der Waals surface area (Å²) in [6.07, 6.45) is 0. The fourth-order valence-electron chi connectivity index (χ4n) is 10.3. The molecule has 2 nitrogen and oxygen atoms in total. The Bertz CT molecular complexity index is 3910. The zero-order chi connectivity index (χ0) is 39.1. The Balaban J connectivity index is 0.981. The molecular weight excluding hydrogens is 729 g/mol. The molecule has 2 heterocycles. The van der Waals surface area contributed by atoms with Crippen molar-refractivity contribution in [3.63, 3.8) is 0 Å². The van der Waals surface area contributed by atoms with Crippen LogP contribution in [0.15, 0.2) is 203 Å². The molecule has 2 aromatic heterocycles. The minimum absolute atomic E-state index is 0.909. The van der Waals surface area contributed by atoms with E-state index in [9.17, 15) is 0 Å². The molecule has 0 bridgehead atoms. The highest BCUT2D eigenvalue weighted by molar-refractivity contribution is 6.39. The van der Waals surface area contributed by atoms with Gasteiger partial charge in [-0.3, -0.25) is 0 Å². The van der Waals surface area contributed by atoms with E-state index in [-0.39, 0.29) is 0 Å². The molecule has 0 atom stereocenters. The van der Waals surface area contributed by atoms with Crippen molar-refractivity contribution in [3.8, 4) is 22.3 Å². The van der Waals surface area contributed by atoms with E-state index in [2.05, 4.69) is 194 Å². The van der Waals surface area contributed by atoms with E-state index in [4.69, 9.17) is 8.83 Å². The first-order chi connectivity index (χ1) is 29.7. The van der Waals surface area contributed by atoms with Crippen molar-refractivity contribution in [1.29, 1.82) is 0 Å². The first-order valence-corrected chi connectivity index (χ1v) is 20.6. The van der Waals surface area contributed by atoms with E-state index < -0.39 is 0 Å². The van der Waals surface area contributed by atoms with Crippen LogP contribution in [0, 0.1) is 0 Å². The van der Waals surface area contributed by atoms with Crippen molar-refractivity contribution in [1.82, 2.24) is 0 Å². The van der Waals surface area contributed by atoms with Gasteiger partial charge in [0.2, 0.25) is 0 Å². The quantitative estimate of drug-likeness (QED) is 0.164. The summed E-state index contributed by atoms with van der Waals surface area (Å²) in [5.41, 5.74) is 8.39. The second kappa shape index (κ2) is 11.8. The summed E-state index contributed by atoms with van der Waals surface area (Å²) in [4.78, 5) is 0. The van der Waals surface area contributed by atoms with E-state index in [1.165, 1.54) is 97.7 Å². The van der Waals surface area contributed by atoms with Crippen LogP contribution in [-0.2, 0) is 0 Å². The van der Waals surface area contributed by atoms with Gasteiger partial charge >= 0.3 is 0 Å². The van der Waals surface area contributed by atoms with Crippen molar-refractivity contribution in [2.45, 2.75) is 0 Å². The highest BCUT2D eigenvalue weighted by Crippen LogP contribution is 2.46. The standard InChI is InChI=1S/C58H32O2/c1-3-11-35-31-55-51(27-33(35)9-1)49-29-39(19-23-53(49)59-55)37-17-21-45-47(25-37)41-13-5-7-15-43(41)58-46-22-18-38(26-48(46)42-14-6-8-16-44(42)57(45)58)40-20-24-54-50(30-40)52-28-34-10-2-4-12-36(34)32-56(52)60-54/h1-32H. The SMILES string of the molecule is c1ccc2cc3c(cc2c1)oc1ccc(-c2ccc4c(c2)c2ccccc2c2c5ccc(-c6ccc7oc8cc9ccccc9cc8c7c6)cc5c5ccccc5c42)cc13. The van der Waals surface area contributed by atoms with Crippen LogP contribution in [0.5, 0.6) is 0 Å². The zero-order valence-electron chi connectivity index (χ0n) is 32.3. The largest absolute Gasteiger partial charge is 0.456 e. The molecule has 14 rings (SSSR count). The molecule has 60 heavy (non-hydrogen) atoms. The van der Waals surface area contributed by atoms with Crippen molar-refractivity contribution in [2.24, 2.45) is 0 Å². The first-order valence-electron chi connectivity index (χ1n) is 20.6. The molecule has 0 radical (unpaired) electrons. The molecule has 0 amide bonds. The topological polar surface area (TPSA) is 26.3 Å². The summed E-state index contributed by atoms with van der Waals surface area (Å²) in [6, 6.07) is 71.1. The van der Waals surface area contributed by atoms with Gasteiger partial charge in [0.15, 0.2) is 0 Å². The third kappa shape index (κ3) is 4.48. The van der Waals surface area contributed by atoms with Gasteiger partial charge in [0, 0.05) is 21.5 Å². The van der Waals surface area contributed by atoms with Gasteiger partial charge in [-0.2, -0.15) is 0 Å². The molecule has 2 heteroatoms. The number of benzene rings is 12. The molecule has 0 N–H and O–H groups in total. The van der Waals surface area contributed by atoms with Gasteiger partial charge in [0.1, 0.15) is 22.3 Å². The summed E-state index contributed by atoms with van der Waals surface area (Å²) in [7, 11) is 0. The summed E-state index contributed by atoms with van der Waals surface area (Å²) in [6.45, 7) is 0. The third-order valence-corrected chi connectivity index (χ3v) is 13.1. The average Bonchev–Trinajstić information content (AvgIpc) is 3.85. The molecule has 0 aliphatic heterocycles. The second-order valence-corrected chi connectivity index (χ2v) is 16.4. The van der Waals surface area contributed by atoms with E-state index in [1.807, 2.05) is 0 Å². The normalized spacial score (nSPS) is 12.3. The highest BCUT2D eigenvalue weighted by atomic mass is 16.3. The van der Waals surface area contributed by atoms with Gasteiger partial charge in [-0.05, 0) is 158 Å². The van der Waals surface area contributed by atoms with E-state index in [1.54, 1.807) is 0 Å². The van der Waals surface area contributed by atoms with Crippen LogP contribution in [0.3, 0.4) is 0 Å². The van der Waals surface area contributed by atoms with E-state index >= 15 is 0 Å². The van der Waals surface area contributed by atoms with Crippen LogP contribution in [-0.4, -0.2) is 0 Å². The number of hydrogen-bond donors (Lipinski definition) is 0. The Morgan fingerprint density at radius 2 is 0.517 bits per heavy atom. The summed E-state index contributed by atoms with van der Waals surface area (Å²) in [5, 5.41) is 22.1. The zero-order valence-corrected chi connectivity index (χ0v) is 32.3. The Labute approximate surface area is 343 Å². The first kappa shape index (κ1) is 32.1. The van der Waals surface area contributed by atoms with Gasteiger partial charge in [0.05, 0.1) is 0 Å². The fourth-order valence-corrected chi connectivity index (χ4v) is 10.3. The molecule has 0 aliphatic carbocycles. The number of fused-ring (bicyclic) bond motifs is 19. The smallest absolute Gasteiger partial charge is 0.136 e. The van der Waals surface area contributed by atoms with Crippen molar-refractivity contribution in [3.05, 3.63) is 194 Å². The molecule has 0 spiro atoms. The predicted molar refractivity (Wildman–Crippen MR) is 254 cm³/mol. The summed E-state index contributed by atoms with van der Waals surface area (Å²) < 4.78 is 12.7. The van der Waals surface area contributed by atoms with Crippen molar-refractivity contribution in [2.75, 3.05) is 0 Å². The van der Waals surface area contributed by atoms with Crippen LogP contribution >= 0.6 is 0 Å². The Morgan fingerprint density at radius 1 is 0.200 bits per heavy atom. The van der Waals surface area contributed by atoms with Crippen LogP contribution < -0.4 is 0 Å². The second-order valence-electron chi connectivity index (χ2n) is 16.4. The van der Waals surface area contributed by atoms with Crippen LogP contribution in [0.1, 0.15) is 0 Å². The van der Waals surface area contributed by atoms with Crippen LogP contribution in [0.4, 0.5) is 0 Å². The van der Waals surface area contributed by atoms with E-state index in [0.717, 1.165) is 43.9 Å². The van der Waals surface area contributed by atoms with E-state index in [0.29, 0.717) is 0 Å². The van der Waals surface area contributed by atoms with Gasteiger partial charge < -0.3 is 8.83 Å². The lowest BCUT2D eigenvalue weighted by atomic mass is 9.85. The maximum atomic E-state index is 6.37. The van der Waals surface area contributed by atoms with Crippen LogP contribution in [0.25, 0.3) is 142 Å². The Morgan fingerprint density at radius 3 is 0.950 bits per heavy atom. The third-order valence-electron chi connectivity index (χ3n) is 13.1. The maximum absolute atomic E-state index is 6.37. The molecule has 12 aromatic carbocycles. The lowest BCUT2D eigenvalue weighted by Gasteiger charge is -2.18. The number of furan rings is 2. The van der Waals surface area contributed by atoms with Crippen molar-refractivity contribution < 1.29 is 8.83 Å². The maximum Gasteiger partial charge on any atom is 0.136 e. The molecule has 14 aromatic rings. The monoisotopic (exact) mass is 760 g/mol. The molecule has 276 valence electrons. The fraction of sp³-hybridized carbons (Fsp3) is 0. The van der Waals surface area contributed by atoms with Crippen molar-refractivity contribution >= 4 is 119 Å². The molecular formula is C58H32O2. The summed E-state index contributed by atoms with van der Waals surface area (Å²) in [5.74, 6) is 0. The Hall–Kier alpha value is -7.94. The van der Waals surface area contributed by atoms with Gasteiger partial charge in [0.25, 0.3) is 0 Å². The molecule has 0 aliphatic rings. The highest BCUT2D eigenvalue weighted by Gasteiger charge is 2.18. The number of rotatable bonds is 2. The van der Waals surface area contributed by atoms with Gasteiger partial charge in [-0.1, -0.05) is 133 Å². The molecule has 0 fully saturated rings.